The normalized spacial score (nSPS) is 17.8. The number of hydrogen-bond donors (Lipinski definition) is 3. The van der Waals surface area contributed by atoms with E-state index in [0.29, 0.717) is 46.4 Å². The monoisotopic (exact) mass is 501 g/mol. The van der Waals surface area contributed by atoms with Gasteiger partial charge in [-0.2, -0.15) is 13.2 Å². The largest absolute Gasteiger partial charge is 0.462 e. The molecule has 0 aromatic carbocycles. The molecule has 3 heterocycles. The lowest BCUT2D eigenvalue weighted by Gasteiger charge is -2.18. The Morgan fingerprint density at radius 2 is 1.97 bits per heavy atom. The molecule has 1 unspecified atom stereocenters. The van der Waals surface area contributed by atoms with Crippen molar-refractivity contribution in [2.24, 2.45) is 5.92 Å². The molecule has 1 atom stereocenters. The van der Waals surface area contributed by atoms with Crippen LogP contribution in [0.5, 0.6) is 0 Å². The number of ether oxygens (including phenoxy) is 1. The Morgan fingerprint density at radius 1 is 1.18 bits per heavy atom. The molecule has 2 amide bonds. The number of carbonyl (C=O) groups is 2. The maximum absolute atomic E-state index is 13.6. The van der Waals surface area contributed by atoms with Crippen LogP contribution in [0, 0.1) is 5.92 Å². The standard InChI is InChI=1S/C22H26F3N3O3S2/c1-3-31-20(29)17-13-5-4-11(2)8-15(13)33-19(17)28-21(30)27-9-14-12-6-7-26-10-16(12)32-18(14)22(23,24)25/h11,26H,3-10H2,1-2H3,(H2,27,28,30). The Bertz CT molecular complexity index is 1060. The van der Waals surface area contributed by atoms with Crippen molar-refractivity contribution in [1.82, 2.24) is 10.6 Å². The highest BCUT2D eigenvalue weighted by molar-refractivity contribution is 7.17. The molecular weight excluding hydrogens is 475 g/mol. The molecule has 2 aliphatic rings. The van der Waals surface area contributed by atoms with E-state index < -0.39 is 23.1 Å². The van der Waals surface area contributed by atoms with Crippen molar-refractivity contribution in [2.75, 3.05) is 18.5 Å². The molecule has 0 fully saturated rings. The van der Waals surface area contributed by atoms with Crippen LogP contribution in [0.1, 0.15) is 61.9 Å². The van der Waals surface area contributed by atoms with Crippen molar-refractivity contribution in [3.8, 4) is 0 Å². The summed E-state index contributed by atoms with van der Waals surface area (Å²) in [4.78, 5) is 26.3. The van der Waals surface area contributed by atoms with Crippen molar-refractivity contribution in [3.05, 3.63) is 36.9 Å². The first-order valence-electron chi connectivity index (χ1n) is 11.0. The first-order valence-corrected chi connectivity index (χ1v) is 12.6. The zero-order valence-corrected chi connectivity index (χ0v) is 20.0. The van der Waals surface area contributed by atoms with Gasteiger partial charge in [0, 0.05) is 22.8 Å². The summed E-state index contributed by atoms with van der Waals surface area (Å²) in [6.07, 6.45) is -1.49. The van der Waals surface area contributed by atoms with Gasteiger partial charge >= 0.3 is 18.2 Å². The molecular formula is C22H26F3N3O3S2. The van der Waals surface area contributed by atoms with Gasteiger partial charge < -0.3 is 15.4 Å². The topological polar surface area (TPSA) is 79.5 Å². The number of thiophene rings is 2. The van der Waals surface area contributed by atoms with Crippen molar-refractivity contribution >= 4 is 39.7 Å². The zero-order valence-electron chi connectivity index (χ0n) is 18.4. The first kappa shape index (κ1) is 24.0. The third-order valence-corrected chi connectivity index (χ3v) is 8.43. The van der Waals surface area contributed by atoms with Gasteiger partial charge in [0.1, 0.15) is 9.88 Å². The lowest BCUT2D eigenvalue weighted by molar-refractivity contribution is -0.135. The number of urea groups is 1. The minimum Gasteiger partial charge on any atom is -0.462 e. The highest BCUT2D eigenvalue weighted by Gasteiger charge is 2.38. The average Bonchev–Trinajstić information content (AvgIpc) is 3.30. The maximum Gasteiger partial charge on any atom is 0.425 e. The Morgan fingerprint density at radius 3 is 2.70 bits per heavy atom. The van der Waals surface area contributed by atoms with Crippen molar-refractivity contribution < 1.29 is 27.5 Å². The number of fused-ring (bicyclic) bond motifs is 2. The van der Waals surface area contributed by atoms with E-state index in [2.05, 4.69) is 22.9 Å². The Labute approximate surface area is 197 Å². The number of esters is 1. The number of carbonyl (C=O) groups excluding carboxylic acids is 2. The molecule has 0 bridgehead atoms. The van der Waals surface area contributed by atoms with Gasteiger partial charge in [0.2, 0.25) is 0 Å². The zero-order chi connectivity index (χ0) is 23.8. The highest BCUT2D eigenvalue weighted by atomic mass is 32.1. The van der Waals surface area contributed by atoms with Crippen molar-refractivity contribution in [3.63, 3.8) is 0 Å². The molecule has 2 aromatic rings. The number of hydrogen-bond acceptors (Lipinski definition) is 6. The summed E-state index contributed by atoms with van der Waals surface area (Å²) in [5.41, 5.74) is 2.07. The lowest BCUT2D eigenvalue weighted by atomic mass is 9.88. The fraction of sp³-hybridized carbons (Fsp3) is 0.545. The van der Waals surface area contributed by atoms with E-state index in [0.717, 1.165) is 41.0 Å². The van der Waals surface area contributed by atoms with Gasteiger partial charge in [-0.15, -0.1) is 22.7 Å². The molecule has 0 saturated heterocycles. The summed E-state index contributed by atoms with van der Waals surface area (Å²) in [6, 6.07) is -0.644. The van der Waals surface area contributed by atoms with Crippen molar-refractivity contribution in [2.45, 2.75) is 58.8 Å². The highest BCUT2D eigenvalue weighted by Crippen LogP contribution is 2.42. The third kappa shape index (κ3) is 5.04. The van der Waals surface area contributed by atoms with Gasteiger partial charge in [-0.3, -0.25) is 5.32 Å². The van der Waals surface area contributed by atoms with Gasteiger partial charge in [-0.05, 0) is 61.8 Å². The van der Waals surface area contributed by atoms with Gasteiger partial charge in [0.05, 0.1) is 12.2 Å². The Hall–Kier alpha value is -2.11. The number of nitrogens with one attached hydrogen (secondary N) is 3. The van der Waals surface area contributed by atoms with E-state index in [1.54, 1.807) is 6.92 Å². The van der Waals surface area contributed by atoms with E-state index in [4.69, 9.17) is 4.74 Å². The van der Waals surface area contributed by atoms with E-state index in [-0.39, 0.29) is 18.7 Å². The Balaban J connectivity index is 1.54. The second kappa shape index (κ2) is 9.63. The fourth-order valence-corrected chi connectivity index (χ4v) is 6.99. The second-order valence-corrected chi connectivity index (χ2v) is 10.5. The number of rotatable bonds is 5. The molecule has 0 saturated carbocycles. The molecule has 1 aliphatic carbocycles. The molecule has 4 rings (SSSR count). The summed E-state index contributed by atoms with van der Waals surface area (Å²) >= 11 is 2.08. The van der Waals surface area contributed by atoms with Crippen molar-refractivity contribution in [1.29, 1.82) is 0 Å². The summed E-state index contributed by atoms with van der Waals surface area (Å²) in [5.74, 6) is -0.00784. The van der Waals surface area contributed by atoms with Gasteiger partial charge in [0.15, 0.2) is 0 Å². The van der Waals surface area contributed by atoms with Crippen LogP contribution in [0.4, 0.5) is 23.0 Å². The van der Waals surface area contributed by atoms with E-state index in [1.807, 2.05) is 0 Å². The average molecular weight is 502 g/mol. The number of amides is 2. The first-order chi connectivity index (χ1) is 15.7. The molecule has 2 aromatic heterocycles. The maximum atomic E-state index is 13.6. The van der Waals surface area contributed by atoms with Crippen LogP contribution in [0.2, 0.25) is 0 Å². The number of anilines is 1. The summed E-state index contributed by atoms with van der Waals surface area (Å²) in [7, 11) is 0. The second-order valence-electron chi connectivity index (χ2n) is 8.32. The molecule has 3 N–H and O–H groups in total. The predicted octanol–water partition coefficient (Wildman–Crippen LogP) is 5.10. The van der Waals surface area contributed by atoms with Gasteiger partial charge in [-0.25, -0.2) is 9.59 Å². The summed E-state index contributed by atoms with van der Waals surface area (Å²) < 4.78 is 46.0. The smallest absolute Gasteiger partial charge is 0.425 e. The summed E-state index contributed by atoms with van der Waals surface area (Å²) in [6.45, 7) is 4.84. The van der Waals surface area contributed by atoms with Gasteiger partial charge in [0.25, 0.3) is 0 Å². The van der Waals surface area contributed by atoms with Crippen LogP contribution in [0.15, 0.2) is 0 Å². The molecule has 180 valence electrons. The van der Waals surface area contributed by atoms with Crippen LogP contribution in [0.3, 0.4) is 0 Å². The van der Waals surface area contributed by atoms with E-state index >= 15 is 0 Å². The number of halogens is 3. The molecule has 1 aliphatic heterocycles. The molecule has 0 radical (unpaired) electrons. The Kier molecular flexibility index (Phi) is 7.01. The van der Waals surface area contributed by atoms with Crippen LogP contribution >= 0.6 is 22.7 Å². The number of alkyl halides is 3. The van der Waals surface area contributed by atoms with E-state index in [1.165, 1.54) is 11.3 Å². The third-order valence-electron chi connectivity index (χ3n) is 5.94. The molecule has 33 heavy (non-hydrogen) atoms. The van der Waals surface area contributed by atoms with Crippen LogP contribution in [-0.2, 0) is 43.3 Å². The minimum absolute atomic E-state index is 0.129. The SMILES string of the molecule is CCOC(=O)c1c(NC(=O)NCc2c(C(F)(F)F)sc3c2CCNC3)sc2c1CCC(C)C2. The molecule has 6 nitrogen and oxygen atoms in total. The fourth-order valence-electron chi connectivity index (χ4n) is 4.39. The van der Waals surface area contributed by atoms with E-state index in [9.17, 15) is 22.8 Å². The van der Waals surface area contributed by atoms with Crippen LogP contribution < -0.4 is 16.0 Å². The molecule has 0 spiro atoms. The summed E-state index contributed by atoms with van der Waals surface area (Å²) in [5, 5.41) is 8.75. The van der Waals surface area contributed by atoms with Crippen LogP contribution in [-0.4, -0.2) is 25.2 Å². The molecule has 11 heteroatoms. The predicted molar refractivity (Wildman–Crippen MR) is 122 cm³/mol. The lowest BCUT2D eigenvalue weighted by Crippen LogP contribution is -2.30. The minimum atomic E-state index is -4.48. The quantitative estimate of drug-likeness (QED) is 0.499. The van der Waals surface area contributed by atoms with Gasteiger partial charge in [-0.1, -0.05) is 6.92 Å². The van der Waals surface area contributed by atoms with Crippen LogP contribution in [0.25, 0.3) is 0 Å².